The lowest BCUT2D eigenvalue weighted by molar-refractivity contribution is -0.274. The monoisotopic (exact) mass is 684 g/mol. The minimum Gasteiger partial charge on any atom is -0.349 e. The molecule has 2 N–H and O–H groups in total. The second kappa shape index (κ2) is 11.8. The van der Waals surface area contributed by atoms with Gasteiger partial charge >= 0.3 is 6.18 Å². The van der Waals surface area contributed by atoms with E-state index in [2.05, 4.69) is 10.6 Å². The van der Waals surface area contributed by atoms with Gasteiger partial charge in [0, 0.05) is 20.9 Å². The molecule has 15 heteroatoms. The molecule has 0 bridgehead atoms. The van der Waals surface area contributed by atoms with Crippen molar-refractivity contribution in [1.29, 1.82) is 0 Å². The Morgan fingerprint density at radius 1 is 1.08 bits per heavy atom. The van der Waals surface area contributed by atoms with E-state index in [4.69, 9.17) is 11.6 Å². The number of carbonyl (C=O) groups is 2. The number of rotatable bonds is 9. The molecule has 37 heavy (non-hydrogen) atoms. The molecule has 2 atom stereocenters. The highest BCUT2D eigenvalue weighted by Gasteiger charge is 2.64. The van der Waals surface area contributed by atoms with Gasteiger partial charge in [0.1, 0.15) is 0 Å². The summed E-state index contributed by atoms with van der Waals surface area (Å²) < 4.78 is 103. The predicted molar refractivity (Wildman–Crippen MR) is 135 cm³/mol. The maximum absolute atomic E-state index is 14.3. The van der Waals surface area contributed by atoms with Crippen molar-refractivity contribution in [1.82, 2.24) is 5.32 Å². The molecule has 0 saturated carbocycles. The summed E-state index contributed by atoms with van der Waals surface area (Å²) in [7, 11) is -3.41. The van der Waals surface area contributed by atoms with Crippen molar-refractivity contribution in [2.24, 2.45) is 0 Å². The molecule has 1 unspecified atom stereocenters. The van der Waals surface area contributed by atoms with Gasteiger partial charge < -0.3 is 10.6 Å². The highest BCUT2D eigenvalue weighted by Crippen LogP contribution is 2.48. The van der Waals surface area contributed by atoms with Crippen molar-refractivity contribution in [3.63, 3.8) is 0 Å². The first-order valence-corrected chi connectivity index (χ1v) is 13.7. The molecular formula is C22H20ClF6IN2O4S. The molecule has 0 saturated heterocycles. The lowest BCUT2D eigenvalue weighted by Gasteiger charge is -2.27. The first-order chi connectivity index (χ1) is 16.9. The summed E-state index contributed by atoms with van der Waals surface area (Å²) in [5.74, 6) is -2.18. The van der Waals surface area contributed by atoms with Crippen LogP contribution in [-0.2, 0) is 15.5 Å². The number of nitrogens with one attached hydrogen (secondary N) is 2. The Hall–Kier alpha value is -2.07. The van der Waals surface area contributed by atoms with Crippen molar-refractivity contribution in [2.75, 3.05) is 16.8 Å². The average Bonchev–Trinajstić information content (AvgIpc) is 2.78. The SMILES string of the molecule is CCS(=O)(=O)C[C@H](C)NC(=O)c1c(I)cccc1C(=O)Nc1ccc(C(F)(C(F)F)C(F)(F)F)cc1Cl. The summed E-state index contributed by atoms with van der Waals surface area (Å²) in [4.78, 5) is 25.8. The maximum atomic E-state index is 14.3. The number of hydrogen-bond acceptors (Lipinski definition) is 4. The molecule has 0 aliphatic carbocycles. The van der Waals surface area contributed by atoms with E-state index in [1.54, 1.807) is 22.6 Å². The Labute approximate surface area is 227 Å². The lowest BCUT2D eigenvalue weighted by atomic mass is 9.95. The normalized spacial score (nSPS) is 14.7. The number of alkyl halides is 6. The first-order valence-electron chi connectivity index (χ1n) is 10.4. The third-order valence-electron chi connectivity index (χ3n) is 5.16. The highest BCUT2D eigenvalue weighted by molar-refractivity contribution is 14.1. The zero-order valence-electron chi connectivity index (χ0n) is 19.1. The Balaban J connectivity index is 2.36. The van der Waals surface area contributed by atoms with Crippen LogP contribution < -0.4 is 10.6 Å². The summed E-state index contributed by atoms with van der Waals surface area (Å²) in [5.41, 5.74) is -7.09. The van der Waals surface area contributed by atoms with Gasteiger partial charge in [-0.1, -0.05) is 30.7 Å². The molecule has 0 aromatic heterocycles. The number of carbonyl (C=O) groups excluding carboxylic acids is 2. The summed E-state index contributed by atoms with van der Waals surface area (Å²) >= 11 is 7.64. The van der Waals surface area contributed by atoms with E-state index < -0.39 is 56.6 Å². The van der Waals surface area contributed by atoms with Crippen LogP contribution in [0, 0.1) is 3.57 Å². The zero-order valence-corrected chi connectivity index (χ0v) is 22.8. The van der Waals surface area contributed by atoms with Crippen LogP contribution in [0.1, 0.15) is 40.1 Å². The number of anilines is 1. The van der Waals surface area contributed by atoms with E-state index in [0.717, 1.165) is 6.07 Å². The van der Waals surface area contributed by atoms with Crippen LogP contribution in [0.25, 0.3) is 0 Å². The van der Waals surface area contributed by atoms with Crippen LogP contribution in [0.4, 0.5) is 32.0 Å². The van der Waals surface area contributed by atoms with Crippen LogP contribution in [0.2, 0.25) is 5.02 Å². The Kier molecular flexibility index (Phi) is 9.90. The quantitative estimate of drug-likeness (QED) is 0.260. The van der Waals surface area contributed by atoms with Gasteiger partial charge in [0.15, 0.2) is 9.84 Å². The highest BCUT2D eigenvalue weighted by atomic mass is 127. The molecule has 2 aromatic rings. The fraction of sp³-hybridized carbons (Fsp3) is 0.364. The summed E-state index contributed by atoms with van der Waals surface area (Å²) in [6, 6.07) is 4.87. The van der Waals surface area contributed by atoms with E-state index in [1.165, 1.54) is 32.0 Å². The number of benzene rings is 2. The summed E-state index contributed by atoms with van der Waals surface area (Å²) in [6.45, 7) is 2.92. The van der Waals surface area contributed by atoms with E-state index in [1.807, 2.05) is 0 Å². The smallest absolute Gasteiger partial charge is 0.349 e. The fourth-order valence-electron chi connectivity index (χ4n) is 3.23. The van der Waals surface area contributed by atoms with E-state index >= 15 is 0 Å². The van der Waals surface area contributed by atoms with Crippen molar-refractivity contribution in [2.45, 2.75) is 38.2 Å². The Bertz CT molecular complexity index is 1290. The zero-order chi connectivity index (χ0) is 28.3. The molecule has 0 fully saturated rings. The third-order valence-corrected chi connectivity index (χ3v) is 8.26. The minimum atomic E-state index is -5.94. The largest absolute Gasteiger partial charge is 0.432 e. The Morgan fingerprint density at radius 2 is 1.70 bits per heavy atom. The molecule has 2 amide bonds. The molecule has 204 valence electrons. The lowest BCUT2D eigenvalue weighted by Crippen LogP contribution is -2.44. The molecule has 0 heterocycles. The number of halogens is 8. The van der Waals surface area contributed by atoms with Gasteiger partial charge in [0.2, 0.25) is 0 Å². The van der Waals surface area contributed by atoms with Crippen molar-refractivity contribution < 1.29 is 44.3 Å². The minimum absolute atomic E-state index is 0.119. The van der Waals surface area contributed by atoms with Crippen LogP contribution in [0.5, 0.6) is 0 Å². The molecule has 6 nitrogen and oxygen atoms in total. The van der Waals surface area contributed by atoms with Gasteiger partial charge in [-0.25, -0.2) is 21.6 Å². The van der Waals surface area contributed by atoms with Gasteiger partial charge in [0.05, 0.1) is 27.6 Å². The summed E-state index contributed by atoms with van der Waals surface area (Å²) in [5, 5.41) is 4.09. The molecular weight excluding hydrogens is 665 g/mol. The van der Waals surface area contributed by atoms with Gasteiger partial charge in [-0.15, -0.1) is 0 Å². The van der Waals surface area contributed by atoms with Crippen LogP contribution in [0.15, 0.2) is 36.4 Å². The topological polar surface area (TPSA) is 92.3 Å². The molecule has 0 aliphatic heterocycles. The Morgan fingerprint density at radius 3 is 2.22 bits per heavy atom. The van der Waals surface area contributed by atoms with E-state index in [-0.39, 0.29) is 28.3 Å². The maximum Gasteiger partial charge on any atom is 0.432 e. The van der Waals surface area contributed by atoms with E-state index in [9.17, 15) is 44.3 Å². The number of amides is 2. The van der Waals surface area contributed by atoms with Crippen LogP contribution >= 0.6 is 34.2 Å². The van der Waals surface area contributed by atoms with Gasteiger partial charge in [-0.3, -0.25) is 9.59 Å². The van der Waals surface area contributed by atoms with Gasteiger partial charge in [0.25, 0.3) is 23.9 Å². The molecule has 0 spiro atoms. The standard InChI is InChI=1S/C22H20ClF6IN2O4S/c1-3-37(35,36)10-11(2)31-19(34)17-13(5-4-6-15(17)30)18(33)32-16-8-7-12(9-14(16)23)21(26,20(24)25)22(27,28)29/h4-9,11,20H,3,10H2,1-2H3,(H,31,34)(H,32,33)/t11-,21?/m0/s1. The van der Waals surface area contributed by atoms with Crippen LogP contribution in [0.3, 0.4) is 0 Å². The average molecular weight is 685 g/mol. The molecule has 0 aliphatic rings. The molecule has 2 rings (SSSR count). The first kappa shape index (κ1) is 31.1. The van der Waals surface area contributed by atoms with Crippen LogP contribution in [-0.4, -0.2) is 50.4 Å². The molecule has 0 radical (unpaired) electrons. The van der Waals surface area contributed by atoms with Crippen molar-refractivity contribution in [3.05, 3.63) is 61.7 Å². The van der Waals surface area contributed by atoms with Gasteiger partial charge in [-0.2, -0.15) is 13.2 Å². The molecule has 2 aromatic carbocycles. The second-order valence-electron chi connectivity index (χ2n) is 7.89. The number of sulfone groups is 1. The predicted octanol–water partition coefficient (Wildman–Crippen LogP) is 5.74. The third kappa shape index (κ3) is 7.07. The fourth-order valence-corrected chi connectivity index (χ4v) is 5.28. The van der Waals surface area contributed by atoms with E-state index in [0.29, 0.717) is 15.7 Å². The van der Waals surface area contributed by atoms with Crippen molar-refractivity contribution >= 4 is 61.5 Å². The van der Waals surface area contributed by atoms with Gasteiger partial charge in [-0.05, 0) is 53.8 Å². The number of hydrogen-bond donors (Lipinski definition) is 2. The second-order valence-corrected chi connectivity index (χ2v) is 11.9. The summed E-state index contributed by atoms with van der Waals surface area (Å²) in [6.07, 6.45) is -10.4. The van der Waals surface area contributed by atoms with Crippen molar-refractivity contribution in [3.8, 4) is 0 Å².